The van der Waals surface area contributed by atoms with Gasteiger partial charge in [0, 0.05) is 16.2 Å². The van der Waals surface area contributed by atoms with E-state index >= 15 is 0 Å². The Morgan fingerprint density at radius 1 is 1.07 bits per heavy atom. The normalized spacial score (nSPS) is 12.4. The van der Waals surface area contributed by atoms with E-state index in [1.165, 1.54) is 0 Å². The third kappa shape index (κ3) is 5.19. The number of fused-ring (bicyclic) bond motifs is 1. The quantitative estimate of drug-likeness (QED) is 0.363. The van der Waals surface area contributed by atoms with E-state index in [-0.39, 0.29) is 11.9 Å². The predicted octanol–water partition coefficient (Wildman–Crippen LogP) is 6.45. The van der Waals surface area contributed by atoms with Crippen molar-refractivity contribution in [1.29, 1.82) is 5.26 Å². The molecule has 0 N–H and O–H groups in total. The topological polar surface area (TPSA) is 50.1 Å². The minimum absolute atomic E-state index is 0.175. The number of rotatable bonds is 5. The zero-order valence-corrected chi connectivity index (χ0v) is 18.0. The number of nitrogens with zero attached hydrogens (tertiary/aromatic N) is 1. The van der Waals surface area contributed by atoms with Gasteiger partial charge in [0.05, 0.1) is 17.6 Å². The molecule has 3 rings (SSSR count). The van der Waals surface area contributed by atoms with Crippen LogP contribution in [0.4, 0.5) is 0 Å². The van der Waals surface area contributed by atoms with E-state index in [1.54, 1.807) is 11.8 Å². The first-order valence-corrected chi connectivity index (χ1v) is 10.6. The van der Waals surface area contributed by atoms with Crippen LogP contribution in [0.3, 0.4) is 0 Å². The molecule has 0 aliphatic carbocycles. The maximum absolute atomic E-state index is 12.4. The van der Waals surface area contributed by atoms with Crippen molar-refractivity contribution >= 4 is 28.5 Å². The Hall–Kier alpha value is -2.77. The van der Waals surface area contributed by atoms with Gasteiger partial charge in [0.15, 0.2) is 0 Å². The van der Waals surface area contributed by atoms with Gasteiger partial charge in [-0.1, -0.05) is 49.4 Å². The van der Waals surface area contributed by atoms with Crippen molar-refractivity contribution in [3.8, 4) is 17.2 Å². The molecule has 3 nitrogen and oxygen atoms in total. The van der Waals surface area contributed by atoms with Crippen molar-refractivity contribution in [3.63, 3.8) is 0 Å². The molecule has 0 saturated carbocycles. The summed E-state index contributed by atoms with van der Waals surface area (Å²) in [5.74, 6) is 0.251. The maximum Gasteiger partial charge on any atom is 0.310 e. The fraction of sp³-hybridized carbons (Fsp3) is 0.280. The minimum atomic E-state index is -0.480. The average Bonchev–Trinajstić information content (AvgIpc) is 2.70. The third-order valence-electron chi connectivity index (χ3n) is 4.49. The maximum atomic E-state index is 12.4. The number of ether oxygens (including phenoxy) is 1. The second kappa shape index (κ2) is 8.71. The molecule has 0 aliphatic heterocycles. The van der Waals surface area contributed by atoms with Gasteiger partial charge < -0.3 is 4.74 Å². The molecule has 0 heterocycles. The van der Waals surface area contributed by atoms with E-state index in [0.29, 0.717) is 11.3 Å². The Labute approximate surface area is 176 Å². The van der Waals surface area contributed by atoms with Crippen LogP contribution in [0.15, 0.2) is 65.6 Å². The van der Waals surface area contributed by atoms with Crippen LogP contribution in [0, 0.1) is 17.2 Å². The SMILES string of the molecule is CC(CSc1ccc2ccccc2c1-c1ccc(C#N)cc1)C(=O)OC(C)(C)C. The summed E-state index contributed by atoms with van der Waals surface area (Å²) < 4.78 is 5.52. The van der Waals surface area contributed by atoms with Gasteiger partial charge in [-0.3, -0.25) is 4.79 Å². The molecule has 4 heteroatoms. The van der Waals surface area contributed by atoms with Gasteiger partial charge in [-0.25, -0.2) is 0 Å². The molecule has 0 aromatic heterocycles. The average molecular weight is 404 g/mol. The number of thioether (sulfide) groups is 1. The molecular weight excluding hydrogens is 378 g/mol. The standard InChI is InChI=1S/C25H25NO2S/c1-17(24(27)28-25(2,3)4)16-29-22-14-13-19-7-5-6-8-21(19)23(22)20-11-9-18(15-26)10-12-20/h5-14,17H,16H2,1-4H3. The molecule has 0 amide bonds. The Kier molecular flexibility index (Phi) is 6.30. The molecule has 3 aromatic rings. The summed E-state index contributed by atoms with van der Waals surface area (Å²) in [5, 5.41) is 11.4. The van der Waals surface area contributed by atoms with E-state index in [1.807, 2.05) is 64.1 Å². The van der Waals surface area contributed by atoms with E-state index in [4.69, 9.17) is 10.00 Å². The molecule has 1 unspecified atom stereocenters. The summed E-state index contributed by atoms with van der Waals surface area (Å²) in [6, 6.07) is 22.3. The summed E-state index contributed by atoms with van der Waals surface area (Å²) in [6.45, 7) is 7.56. The molecule has 1 atom stereocenters. The fourth-order valence-corrected chi connectivity index (χ4v) is 4.17. The molecule has 0 fully saturated rings. The summed E-state index contributed by atoms with van der Waals surface area (Å²) in [7, 11) is 0. The molecule has 0 bridgehead atoms. The van der Waals surface area contributed by atoms with Gasteiger partial charge in [0.25, 0.3) is 0 Å². The highest BCUT2D eigenvalue weighted by atomic mass is 32.2. The first-order chi connectivity index (χ1) is 13.8. The molecule has 3 aromatic carbocycles. The van der Waals surface area contributed by atoms with Crippen LogP contribution in [0.2, 0.25) is 0 Å². The van der Waals surface area contributed by atoms with Crippen molar-refractivity contribution in [1.82, 2.24) is 0 Å². The lowest BCUT2D eigenvalue weighted by atomic mass is 9.97. The molecule has 29 heavy (non-hydrogen) atoms. The molecule has 0 aliphatic rings. The highest BCUT2D eigenvalue weighted by Gasteiger charge is 2.22. The van der Waals surface area contributed by atoms with Crippen molar-refractivity contribution < 1.29 is 9.53 Å². The number of hydrogen-bond donors (Lipinski definition) is 0. The highest BCUT2D eigenvalue weighted by Crippen LogP contribution is 2.38. The zero-order chi connectivity index (χ0) is 21.0. The van der Waals surface area contributed by atoms with Crippen LogP contribution in [0.5, 0.6) is 0 Å². The lowest BCUT2D eigenvalue weighted by Crippen LogP contribution is -2.28. The summed E-state index contributed by atoms with van der Waals surface area (Å²) in [5.41, 5.74) is 2.36. The van der Waals surface area contributed by atoms with Crippen LogP contribution < -0.4 is 0 Å². The van der Waals surface area contributed by atoms with Gasteiger partial charge in [0.2, 0.25) is 0 Å². The monoisotopic (exact) mass is 403 g/mol. The van der Waals surface area contributed by atoms with Crippen molar-refractivity contribution in [2.24, 2.45) is 5.92 Å². The largest absolute Gasteiger partial charge is 0.460 e. The molecule has 0 radical (unpaired) electrons. The third-order valence-corrected chi connectivity index (χ3v) is 5.81. The van der Waals surface area contributed by atoms with Crippen LogP contribution in [0.1, 0.15) is 33.3 Å². The zero-order valence-electron chi connectivity index (χ0n) is 17.2. The van der Waals surface area contributed by atoms with E-state index in [0.717, 1.165) is 26.8 Å². The molecule has 148 valence electrons. The van der Waals surface area contributed by atoms with Crippen LogP contribution in [-0.4, -0.2) is 17.3 Å². The summed E-state index contributed by atoms with van der Waals surface area (Å²) >= 11 is 1.66. The lowest BCUT2D eigenvalue weighted by molar-refractivity contribution is -0.158. The number of benzene rings is 3. The van der Waals surface area contributed by atoms with Gasteiger partial charge in [-0.2, -0.15) is 5.26 Å². The number of carbonyl (C=O) groups excluding carboxylic acids is 1. The fourth-order valence-electron chi connectivity index (χ4n) is 3.07. The first kappa shape index (κ1) is 21.0. The van der Waals surface area contributed by atoms with E-state index in [2.05, 4.69) is 30.3 Å². The molecule has 0 saturated heterocycles. The predicted molar refractivity (Wildman–Crippen MR) is 120 cm³/mol. The summed E-state index contributed by atoms with van der Waals surface area (Å²) in [6.07, 6.45) is 0. The summed E-state index contributed by atoms with van der Waals surface area (Å²) in [4.78, 5) is 13.5. The minimum Gasteiger partial charge on any atom is -0.460 e. The number of hydrogen-bond acceptors (Lipinski definition) is 4. The number of esters is 1. The van der Waals surface area contributed by atoms with Crippen LogP contribution in [0.25, 0.3) is 21.9 Å². The van der Waals surface area contributed by atoms with Crippen LogP contribution >= 0.6 is 11.8 Å². The number of nitriles is 1. The van der Waals surface area contributed by atoms with Gasteiger partial charge in [-0.15, -0.1) is 11.8 Å². The second-order valence-electron chi connectivity index (χ2n) is 8.09. The highest BCUT2D eigenvalue weighted by molar-refractivity contribution is 7.99. The molecular formula is C25H25NO2S. The lowest BCUT2D eigenvalue weighted by Gasteiger charge is -2.22. The van der Waals surface area contributed by atoms with Gasteiger partial charge in [0.1, 0.15) is 5.60 Å². The smallest absolute Gasteiger partial charge is 0.310 e. The van der Waals surface area contributed by atoms with E-state index in [9.17, 15) is 4.79 Å². The Morgan fingerprint density at radius 3 is 2.41 bits per heavy atom. The van der Waals surface area contributed by atoms with E-state index < -0.39 is 5.60 Å². The van der Waals surface area contributed by atoms with Gasteiger partial charge in [-0.05, 0) is 55.3 Å². The van der Waals surface area contributed by atoms with Crippen molar-refractivity contribution in [2.75, 3.05) is 5.75 Å². The van der Waals surface area contributed by atoms with Crippen molar-refractivity contribution in [3.05, 3.63) is 66.2 Å². The Bertz CT molecular complexity index is 1060. The Morgan fingerprint density at radius 2 is 1.76 bits per heavy atom. The first-order valence-electron chi connectivity index (χ1n) is 9.66. The van der Waals surface area contributed by atoms with Crippen LogP contribution in [-0.2, 0) is 9.53 Å². The van der Waals surface area contributed by atoms with Gasteiger partial charge >= 0.3 is 5.97 Å². The number of carbonyl (C=O) groups is 1. The van der Waals surface area contributed by atoms with Crippen molar-refractivity contribution in [2.45, 2.75) is 38.2 Å². The second-order valence-corrected chi connectivity index (χ2v) is 9.16. The molecule has 0 spiro atoms. The Balaban J connectivity index is 1.93.